The molecule has 0 saturated carbocycles. The maximum Gasteiger partial charge on any atom is 0.519 e. The van der Waals surface area contributed by atoms with Crippen LogP contribution in [0.4, 0.5) is 4.79 Å². The van der Waals surface area contributed by atoms with Crippen LogP contribution >= 0.6 is 0 Å². The van der Waals surface area contributed by atoms with Gasteiger partial charge >= 0.3 is 11.9 Å². The summed E-state index contributed by atoms with van der Waals surface area (Å²) in [7, 11) is 1.56. The number of likely N-dealkylation sites (N-methyl/N-ethyl adjacent to an activating group) is 1. The second kappa shape index (κ2) is 8.73. The van der Waals surface area contributed by atoms with Gasteiger partial charge in [-0.25, -0.2) is 9.59 Å². The Morgan fingerprint density at radius 3 is 2.64 bits per heavy atom. The van der Waals surface area contributed by atoms with Gasteiger partial charge in [0.2, 0.25) is 5.91 Å². The average molecular weight is 354 g/mol. The van der Waals surface area contributed by atoms with E-state index in [0.717, 1.165) is 25.7 Å². The zero-order chi connectivity index (χ0) is 18.4. The monoisotopic (exact) mass is 354 g/mol. The summed E-state index contributed by atoms with van der Waals surface area (Å²) < 4.78 is 14.8. The van der Waals surface area contributed by atoms with Crippen LogP contribution in [0.5, 0.6) is 0 Å². The van der Waals surface area contributed by atoms with Crippen LogP contribution in [0.2, 0.25) is 0 Å². The molecule has 1 unspecified atom stereocenters. The van der Waals surface area contributed by atoms with Crippen LogP contribution in [0.3, 0.4) is 0 Å². The van der Waals surface area contributed by atoms with Crippen LogP contribution in [0.25, 0.3) is 0 Å². The molecule has 25 heavy (non-hydrogen) atoms. The third-order valence-corrected chi connectivity index (χ3v) is 4.65. The lowest BCUT2D eigenvalue weighted by Gasteiger charge is -2.27. The van der Waals surface area contributed by atoms with Crippen LogP contribution in [0, 0.1) is 12.8 Å². The Labute approximate surface area is 146 Å². The fraction of sp³-hybridized carbons (Fsp3) is 0.706. The number of nitrogens with zero attached hydrogens (tertiary/aromatic N) is 1. The summed E-state index contributed by atoms with van der Waals surface area (Å²) in [4.78, 5) is 37.2. The summed E-state index contributed by atoms with van der Waals surface area (Å²) >= 11 is 0. The highest BCUT2D eigenvalue weighted by Gasteiger charge is 2.33. The number of amides is 2. The lowest BCUT2D eigenvalue weighted by atomic mass is 9.94. The Hall–Kier alpha value is -2.25. The molecule has 140 valence electrons. The van der Waals surface area contributed by atoms with Crippen molar-refractivity contribution in [1.29, 1.82) is 0 Å². The van der Waals surface area contributed by atoms with Crippen molar-refractivity contribution in [2.45, 2.75) is 58.6 Å². The Morgan fingerprint density at radius 2 is 2.04 bits per heavy atom. The predicted octanol–water partition coefficient (Wildman–Crippen LogP) is 2.19. The maximum absolute atomic E-state index is 12.5. The highest BCUT2D eigenvalue weighted by molar-refractivity contribution is 5.85. The molecule has 2 amide bonds. The van der Waals surface area contributed by atoms with E-state index in [4.69, 9.17) is 13.6 Å². The third kappa shape index (κ3) is 4.87. The van der Waals surface area contributed by atoms with Gasteiger partial charge in [-0.1, -0.05) is 19.8 Å². The minimum absolute atomic E-state index is 0.175. The highest BCUT2D eigenvalue weighted by Crippen LogP contribution is 2.26. The summed E-state index contributed by atoms with van der Waals surface area (Å²) in [5, 5.41) is 2.62. The first-order valence-corrected chi connectivity index (χ1v) is 8.70. The van der Waals surface area contributed by atoms with Gasteiger partial charge in [-0.2, -0.15) is 0 Å². The van der Waals surface area contributed by atoms with Gasteiger partial charge < -0.3 is 18.9 Å². The van der Waals surface area contributed by atoms with E-state index in [1.54, 1.807) is 14.0 Å². The molecule has 0 bridgehead atoms. The molecule has 2 rings (SSSR count). The van der Waals surface area contributed by atoms with Crippen molar-refractivity contribution in [3.63, 3.8) is 0 Å². The quantitative estimate of drug-likeness (QED) is 0.870. The first-order chi connectivity index (χ1) is 12.0. The van der Waals surface area contributed by atoms with Crippen molar-refractivity contribution in [1.82, 2.24) is 10.2 Å². The minimum Gasteiger partial charge on any atom is -0.441 e. The van der Waals surface area contributed by atoms with E-state index in [0.29, 0.717) is 18.9 Å². The number of nitrogens with one attached hydrogen (secondary N) is 1. The van der Waals surface area contributed by atoms with Crippen LogP contribution in [0.1, 0.15) is 50.5 Å². The SMILES string of the molecule is CCCC1CC[C@@H](C(=O)NC)N(C(=O)OCc2oc(=O)oc2C)CC1. The molecular formula is C17H26N2O6. The fourth-order valence-corrected chi connectivity index (χ4v) is 3.24. The topological polar surface area (TPSA) is 102 Å². The second-order valence-corrected chi connectivity index (χ2v) is 6.33. The second-order valence-electron chi connectivity index (χ2n) is 6.33. The first-order valence-electron chi connectivity index (χ1n) is 8.70. The van der Waals surface area contributed by atoms with E-state index >= 15 is 0 Å². The molecule has 2 heterocycles. The van der Waals surface area contributed by atoms with E-state index in [-0.39, 0.29) is 24.0 Å². The van der Waals surface area contributed by atoms with Gasteiger partial charge in [0.15, 0.2) is 18.1 Å². The summed E-state index contributed by atoms with van der Waals surface area (Å²) in [6.45, 7) is 3.96. The van der Waals surface area contributed by atoms with Crippen molar-refractivity contribution in [3.8, 4) is 0 Å². The number of hydrogen-bond donors (Lipinski definition) is 1. The molecule has 0 radical (unpaired) electrons. The van der Waals surface area contributed by atoms with Crippen molar-refractivity contribution in [2.24, 2.45) is 5.92 Å². The molecule has 1 aliphatic rings. The van der Waals surface area contributed by atoms with Gasteiger partial charge in [0.25, 0.3) is 0 Å². The summed E-state index contributed by atoms with van der Waals surface area (Å²) in [6.07, 6.45) is 3.94. The molecule has 0 aliphatic carbocycles. The van der Waals surface area contributed by atoms with Crippen LogP contribution < -0.4 is 11.1 Å². The summed E-state index contributed by atoms with van der Waals surface area (Å²) in [6, 6.07) is -0.545. The molecule has 1 fully saturated rings. The number of hydrogen-bond acceptors (Lipinski definition) is 6. The number of ether oxygens (including phenoxy) is 1. The lowest BCUT2D eigenvalue weighted by Crippen LogP contribution is -2.48. The molecule has 0 aromatic carbocycles. The maximum atomic E-state index is 12.5. The Kier molecular flexibility index (Phi) is 6.66. The van der Waals surface area contributed by atoms with Gasteiger partial charge in [-0.05, 0) is 32.1 Å². The number of likely N-dealkylation sites (tertiary alicyclic amines) is 1. The van der Waals surface area contributed by atoms with Crippen molar-refractivity contribution < 1.29 is 23.2 Å². The van der Waals surface area contributed by atoms with Gasteiger partial charge in [0.1, 0.15) is 6.04 Å². The zero-order valence-corrected chi connectivity index (χ0v) is 15.0. The zero-order valence-electron chi connectivity index (χ0n) is 15.0. The molecule has 0 spiro atoms. The Bertz CT molecular complexity index is 650. The Morgan fingerprint density at radius 1 is 1.28 bits per heavy atom. The van der Waals surface area contributed by atoms with Crippen LogP contribution in [-0.4, -0.2) is 36.5 Å². The molecule has 8 heteroatoms. The van der Waals surface area contributed by atoms with Gasteiger partial charge in [0, 0.05) is 13.6 Å². The highest BCUT2D eigenvalue weighted by atomic mass is 16.6. The van der Waals surface area contributed by atoms with E-state index < -0.39 is 18.0 Å². The van der Waals surface area contributed by atoms with E-state index in [9.17, 15) is 14.4 Å². The van der Waals surface area contributed by atoms with Crippen LogP contribution in [-0.2, 0) is 16.1 Å². The summed E-state index contributed by atoms with van der Waals surface area (Å²) in [5.41, 5.74) is 0. The average Bonchev–Trinajstić information content (AvgIpc) is 2.79. The van der Waals surface area contributed by atoms with Crippen molar-refractivity contribution >= 4 is 12.0 Å². The fourth-order valence-electron chi connectivity index (χ4n) is 3.24. The number of carbonyl (C=O) groups is 2. The smallest absolute Gasteiger partial charge is 0.441 e. The van der Waals surface area contributed by atoms with Crippen molar-refractivity contribution in [2.75, 3.05) is 13.6 Å². The van der Waals surface area contributed by atoms with Gasteiger partial charge in [-0.15, -0.1) is 0 Å². The molecule has 1 aliphatic heterocycles. The molecule has 1 N–H and O–H groups in total. The predicted molar refractivity (Wildman–Crippen MR) is 89.0 cm³/mol. The third-order valence-electron chi connectivity index (χ3n) is 4.65. The molecule has 1 aromatic heterocycles. The van der Waals surface area contributed by atoms with E-state index in [2.05, 4.69) is 12.2 Å². The lowest BCUT2D eigenvalue weighted by molar-refractivity contribution is -0.125. The summed E-state index contributed by atoms with van der Waals surface area (Å²) in [5.74, 6) is -0.0683. The first kappa shape index (κ1) is 19.1. The molecule has 1 saturated heterocycles. The van der Waals surface area contributed by atoms with Crippen LogP contribution in [0.15, 0.2) is 13.6 Å². The standard InChI is InChI=1S/C17H26N2O6/c1-4-5-12-6-7-13(15(20)18-3)19(9-8-12)16(21)23-10-14-11(2)24-17(22)25-14/h12-13H,4-10H2,1-3H3,(H,18,20)/t12?,13-/m0/s1. The molecule has 2 atom stereocenters. The number of carbonyl (C=O) groups excluding carboxylic acids is 2. The van der Waals surface area contributed by atoms with E-state index in [1.165, 1.54) is 4.90 Å². The normalized spacial score (nSPS) is 20.8. The Balaban J connectivity index is 2.05. The number of aryl methyl sites for hydroxylation is 1. The van der Waals surface area contributed by atoms with E-state index in [1.807, 2.05) is 0 Å². The largest absolute Gasteiger partial charge is 0.519 e. The van der Waals surface area contributed by atoms with Gasteiger partial charge in [-0.3, -0.25) is 9.69 Å². The molecule has 8 nitrogen and oxygen atoms in total. The molecule has 1 aromatic rings. The van der Waals surface area contributed by atoms with Gasteiger partial charge in [0.05, 0.1) is 0 Å². The molecular weight excluding hydrogens is 328 g/mol. The number of rotatable bonds is 5. The van der Waals surface area contributed by atoms with Crippen molar-refractivity contribution in [3.05, 3.63) is 22.1 Å². The minimum atomic E-state index is -0.830.